The van der Waals surface area contributed by atoms with E-state index in [0.717, 1.165) is 71.3 Å². The van der Waals surface area contributed by atoms with Crippen molar-refractivity contribution in [3.05, 3.63) is 67.1 Å². The lowest BCUT2D eigenvalue weighted by atomic mass is 10.1. The van der Waals surface area contributed by atoms with Crippen molar-refractivity contribution in [1.82, 2.24) is 20.3 Å². The third-order valence-electron chi connectivity index (χ3n) is 5.43. The predicted molar refractivity (Wildman–Crippen MR) is 124 cm³/mol. The van der Waals surface area contributed by atoms with Gasteiger partial charge in [-0.3, -0.25) is 4.98 Å². The number of rotatable bonds is 5. The van der Waals surface area contributed by atoms with Gasteiger partial charge in [0.05, 0.1) is 12.8 Å². The van der Waals surface area contributed by atoms with Crippen LogP contribution in [0.3, 0.4) is 0 Å². The highest BCUT2D eigenvalue weighted by Crippen LogP contribution is 2.31. The molecule has 5 rings (SSSR count). The molecule has 0 unspecified atom stereocenters. The van der Waals surface area contributed by atoms with Crippen molar-refractivity contribution < 1.29 is 4.74 Å². The van der Waals surface area contributed by atoms with Gasteiger partial charge in [-0.25, -0.2) is 9.97 Å². The van der Waals surface area contributed by atoms with E-state index in [9.17, 15) is 0 Å². The molecule has 0 bridgehead atoms. The van der Waals surface area contributed by atoms with Crippen LogP contribution in [0.4, 0.5) is 17.3 Å². The number of benzene rings is 1. The Morgan fingerprint density at radius 3 is 2.81 bits per heavy atom. The van der Waals surface area contributed by atoms with E-state index in [2.05, 4.69) is 31.6 Å². The molecule has 0 atom stereocenters. The first-order valence-corrected chi connectivity index (χ1v) is 10.4. The summed E-state index contributed by atoms with van der Waals surface area (Å²) < 4.78 is 5.31. The lowest BCUT2D eigenvalue weighted by Gasteiger charge is -2.29. The van der Waals surface area contributed by atoms with Crippen molar-refractivity contribution in [2.45, 2.75) is 0 Å². The number of pyridine rings is 3. The number of piperazine rings is 1. The summed E-state index contributed by atoms with van der Waals surface area (Å²) in [5.41, 5.74) is 2.83. The van der Waals surface area contributed by atoms with Crippen LogP contribution < -0.4 is 20.3 Å². The minimum absolute atomic E-state index is 0.752. The van der Waals surface area contributed by atoms with Gasteiger partial charge in [-0.05, 0) is 36.4 Å². The molecule has 4 heterocycles. The van der Waals surface area contributed by atoms with Crippen molar-refractivity contribution in [3.8, 4) is 17.0 Å². The number of fused-ring (bicyclic) bond motifs is 1. The van der Waals surface area contributed by atoms with Gasteiger partial charge in [0.1, 0.15) is 17.4 Å². The topological polar surface area (TPSA) is 75.2 Å². The van der Waals surface area contributed by atoms with Crippen LogP contribution in [0.5, 0.6) is 5.75 Å². The van der Waals surface area contributed by atoms with E-state index in [0.29, 0.717) is 0 Å². The van der Waals surface area contributed by atoms with E-state index in [1.165, 1.54) is 0 Å². The zero-order valence-corrected chi connectivity index (χ0v) is 17.4. The molecule has 0 aliphatic carbocycles. The number of aromatic nitrogens is 3. The van der Waals surface area contributed by atoms with E-state index < -0.39 is 0 Å². The number of hydrogen-bond acceptors (Lipinski definition) is 7. The predicted octanol–water partition coefficient (Wildman–Crippen LogP) is 3.85. The lowest BCUT2D eigenvalue weighted by Crippen LogP contribution is -2.44. The Kier molecular flexibility index (Phi) is 5.33. The first kappa shape index (κ1) is 19.3. The fourth-order valence-electron chi connectivity index (χ4n) is 3.85. The maximum Gasteiger partial charge on any atom is 0.137 e. The average molecular weight is 412 g/mol. The highest BCUT2D eigenvalue weighted by atomic mass is 16.5. The number of nitrogens with zero attached hydrogens (tertiary/aromatic N) is 4. The second-order valence-corrected chi connectivity index (χ2v) is 7.45. The maximum absolute atomic E-state index is 5.31. The number of methoxy groups -OCH3 is 1. The largest absolute Gasteiger partial charge is 0.497 e. The fraction of sp³-hybridized carbons (Fsp3) is 0.208. The number of ether oxygens (including phenoxy) is 1. The monoisotopic (exact) mass is 412 g/mol. The lowest BCUT2D eigenvalue weighted by molar-refractivity contribution is 0.415. The Hall–Kier alpha value is -3.71. The second kappa shape index (κ2) is 8.57. The number of anilines is 3. The van der Waals surface area contributed by atoms with Crippen LogP contribution in [-0.2, 0) is 0 Å². The summed E-state index contributed by atoms with van der Waals surface area (Å²) >= 11 is 0. The van der Waals surface area contributed by atoms with Gasteiger partial charge in [-0.2, -0.15) is 0 Å². The minimum atomic E-state index is 0.752. The Morgan fingerprint density at radius 2 is 1.94 bits per heavy atom. The highest BCUT2D eigenvalue weighted by molar-refractivity contribution is 5.94. The quantitative estimate of drug-likeness (QED) is 0.516. The minimum Gasteiger partial charge on any atom is -0.497 e. The molecule has 2 N–H and O–H groups in total. The normalized spacial score (nSPS) is 13.9. The number of hydrogen-bond donors (Lipinski definition) is 2. The van der Waals surface area contributed by atoms with Crippen LogP contribution in [0.1, 0.15) is 0 Å². The van der Waals surface area contributed by atoms with Crippen molar-refractivity contribution in [2.75, 3.05) is 43.5 Å². The summed E-state index contributed by atoms with van der Waals surface area (Å²) in [5.74, 6) is 2.56. The van der Waals surface area contributed by atoms with Gasteiger partial charge < -0.3 is 20.3 Å². The zero-order valence-electron chi connectivity index (χ0n) is 17.4. The molecule has 1 aliphatic rings. The Bertz CT molecular complexity index is 1210. The molecule has 7 nitrogen and oxygen atoms in total. The Morgan fingerprint density at radius 1 is 1.03 bits per heavy atom. The molecule has 0 radical (unpaired) electrons. The van der Waals surface area contributed by atoms with Crippen LogP contribution in [-0.4, -0.2) is 48.2 Å². The van der Waals surface area contributed by atoms with Crippen molar-refractivity contribution in [1.29, 1.82) is 0 Å². The molecule has 1 aromatic carbocycles. The summed E-state index contributed by atoms with van der Waals surface area (Å²) in [6.07, 6.45) is 5.54. The molecule has 4 aromatic rings. The number of nitrogens with one attached hydrogen (secondary N) is 2. The molecule has 0 saturated carbocycles. The van der Waals surface area contributed by atoms with Gasteiger partial charge >= 0.3 is 0 Å². The van der Waals surface area contributed by atoms with Gasteiger partial charge in [0.2, 0.25) is 0 Å². The summed E-state index contributed by atoms with van der Waals surface area (Å²) in [5, 5.41) is 8.98. The standard InChI is InChI=1S/C24H24N6O/c1-31-20-4-2-3-19(15-20)28-23-14-17(5-8-27-23)22-13-18-16-26-7-6-21(18)24(29-22)30-11-9-25-10-12-30/h2-8,13-16,25H,9-12H2,1H3,(H,27,28). The van der Waals surface area contributed by atoms with E-state index in [4.69, 9.17) is 9.72 Å². The van der Waals surface area contributed by atoms with Gasteiger partial charge in [0, 0.05) is 72.9 Å². The molecule has 1 saturated heterocycles. The molecule has 7 heteroatoms. The van der Waals surface area contributed by atoms with E-state index in [-0.39, 0.29) is 0 Å². The van der Waals surface area contributed by atoms with Crippen LogP contribution in [0, 0.1) is 0 Å². The molecule has 0 amide bonds. The molecular weight excluding hydrogens is 388 g/mol. The molecule has 31 heavy (non-hydrogen) atoms. The van der Waals surface area contributed by atoms with Gasteiger partial charge in [0.25, 0.3) is 0 Å². The molecule has 0 spiro atoms. The van der Waals surface area contributed by atoms with E-state index in [1.807, 2.05) is 54.9 Å². The summed E-state index contributed by atoms with van der Waals surface area (Å²) in [7, 11) is 1.66. The highest BCUT2D eigenvalue weighted by Gasteiger charge is 2.17. The zero-order chi connectivity index (χ0) is 21.0. The van der Waals surface area contributed by atoms with Crippen LogP contribution in [0.25, 0.3) is 22.0 Å². The Labute approximate surface area is 181 Å². The summed E-state index contributed by atoms with van der Waals surface area (Å²) in [6, 6.07) is 15.9. The van der Waals surface area contributed by atoms with Gasteiger partial charge in [-0.1, -0.05) is 6.07 Å². The molecular formula is C24H24N6O. The van der Waals surface area contributed by atoms with Crippen molar-refractivity contribution in [2.24, 2.45) is 0 Å². The molecule has 1 fully saturated rings. The Balaban J connectivity index is 1.52. The smallest absolute Gasteiger partial charge is 0.137 e. The first-order chi connectivity index (χ1) is 15.3. The van der Waals surface area contributed by atoms with Crippen LogP contribution in [0.15, 0.2) is 67.1 Å². The first-order valence-electron chi connectivity index (χ1n) is 10.4. The van der Waals surface area contributed by atoms with Crippen LogP contribution >= 0.6 is 0 Å². The fourth-order valence-corrected chi connectivity index (χ4v) is 3.85. The SMILES string of the molecule is COc1cccc(Nc2cc(-c3cc4cnccc4c(N4CCNCC4)n3)ccn2)c1. The van der Waals surface area contributed by atoms with Crippen LogP contribution in [0.2, 0.25) is 0 Å². The average Bonchev–Trinajstić information content (AvgIpc) is 2.84. The second-order valence-electron chi connectivity index (χ2n) is 7.45. The van der Waals surface area contributed by atoms with E-state index >= 15 is 0 Å². The third-order valence-corrected chi connectivity index (χ3v) is 5.43. The maximum atomic E-state index is 5.31. The van der Waals surface area contributed by atoms with Crippen molar-refractivity contribution >= 4 is 28.1 Å². The molecule has 156 valence electrons. The summed E-state index contributed by atoms with van der Waals surface area (Å²) in [4.78, 5) is 16.2. The van der Waals surface area contributed by atoms with Gasteiger partial charge in [0.15, 0.2) is 0 Å². The van der Waals surface area contributed by atoms with Gasteiger partial charge in [-0.15, -0.1) is 0 Å². The van der Waals surface area contributed by atoms with Crippen molar-refractivity contribution in [3.63, 3.8) is 0 Å². The molecule has 3 aromatic heterocycles. The summed E-state index contributed by atoms with van der Waals surface area (Å²) in [6.45, 7) is 3.80. The molecule has 1 aliphatic heterocycles. The third kappa shape index (κ3) is 4.13. The van der Waals surface area contributed by atoms with E-state index in [1.54, 1.807) is 13.3 Å².